The maximum absolute atomic E-state index is 5.57. The van der Waals surface area contributed by atoms with E-state index in [-0.39, 0.29) is 0 Å². The largest absolute Gasteiger partial charge is 0.496 e. The highest BCUT2D eigenvalue weighted by Gasteiger charge is 2.07. The number of benzene rings is 2. The smallest absolute Gasteiger partial charge is 0.132 e. The van der Waals surface area contributed by atoms with E-state index >= 15 is 0 Å². The number of methoxy groups -OCH3 is 1. The summed E-state index contributed by atoms with van der Waals surface area (Å²) < 4.78 is 6.46. The third-order valence-electron chi connectivity index (χ3n) is 2.72. The number of rotatable bonds is 5. The first-order valence-electron chi connectivity index (χ1n) is 6.04. The second kappa shape index (κ2) is 6.98. The van der Waals surface area contributed by atoms with Crippen molar-refractivity contribution in [2.24, 2.45) is 5.73 Å². The van der Waals surface area contributed by atoms with Crippen molar-refractivity contribution < 1.29 is 4.74 Å². The number of halogens is 1. The minimum atomic E-state index is 0.672. The molecule has 2 rings (SSSR count). The van der Waals surface area contributed by atoms with Gasteiger partial charge in [0.15, 0.2) is 0 Å². The topological polar surface area (TPSA) is 35.2 Å². The molecule has 0 atom stereocenters. The van der Waals surface area contributed by atoms with Crippen molar-refractivity contribution in [1.29, 1.82) is 0 Å². The van der Waals surface area contributed by atoms with Crippen molar-refractivity contribution in [3.05, 3.63) is 52.5 Å². The quantitative estimate of drug-likeness (QED) is 0.891. The molecule has 2 aromatic rings. The van der Waals surface area contributed by atoms with Gasteiger partial charge in [-0.1, -0.05) is 30.0 Å². The molecule has 0 spiro atoms. The van der Waals surface area contributed by atoms with Gasteiger partial charge in [0, 0.05) is 9.37 Å². The van der Waals surface area contributed by atoms with Crippen LogP contribution in [0.3, 0.4) is 0 Å². The van der Waals surface area contributed by atoms with Crippen molar-refractivity contribution >= 4 is 27.7 Å². The van der Waals surface area contributed by atoms with E-state index in [1.165, 1.54) is 10.5 Å². The predicted octanol–water partition coefficient (Wildman–Crippen LogP) is 4.11. The van der Waals surface area contributed by atoms with E-state index in [0.717, 1.165) is 21.5 Å². The van der Waals surface area contributed by atoms with Crippen molar-refractivity contribution in [1.82, 2.24) is 0 Å². The maximum atomic E-state index is 5.57. The van der Waals surface area contributed by atoms with Gasteiger partial charge in [-0.15, -0.1) is 0 Å². The lowest BCUT2D eigenvalue weighted by molar-refractivity contribution is 0.405. The molecule has 0 saturated carbocycles. The fourth-order valence-corrected chi connectivity index (χ4v) is 3.37. The van der Waals surface area contributed by atoms with Gasteiger partial charge in [-0.05, 0) is 58.7 Å². The second-order valence-corrected chi connectivity index (χ2v) is 5.99. The van der Waals surface area contributed by atoms with Gasteiger partial charge in [-0.2, -0.15) is 0 Å². The fourth-order valence-electron chi connectivity index (χ4n) is 1.77. The van der Waals surface area contributed by atoms with E-state index in [0.29, 0.717) is 6.54 Å². The Morgan fingerprint density at radius 3 is 2.63 bits per heavy atom. The van der Waals surface area contributed by atoms with Crippen LogP contribution in [0.15, 0.2) is 56.7 Å². The van der Waals surface area contributed by atoms with Crippen LogP contribution in [0.4, 0.5) is 0 Å². The Hall–Kier alpha value is -0.970. The average Bonchev–Trinajstić information content (AvgIpc) is 2.43. The number of para-hydroxylation sites is 1. The van der Waals surface area contributed by atoms with Crippen LogP contribution in [0.5, 0.6) is 5.75 Å². The molecule has 2 N–H and O–H groups in total. The lowest BCUT2D eigenvalue weighted by Crippen LogP contribution is -2.02. The van der Waals surface area contributed by atoms with Gasteiger partial charge in [-0.3, -0.25) is 0 Å². The van der Waals surface area contributed by atoms with Crippen LogP contribution in [-0.2, 0) is 6.42 Å². The van der Waals surface area contributed by atoms with Gasteiger partial charge >= 0.3 is 0 Å². The van der Waals surface area contributed by atoms with Crippen LogP contribution in [-0.4, -0.2) is 13.7 Å². The standard InChI is InChI=1S/C15H16BrNOS/c1-18-13-4-2-3-5-15(13)19-14-7-6-11(8-9-17)10-12(14)16/h2-7,10H,8-9,17H2,1H3. The van der Waals surface area contributed by atoms with Crippen molar-refractivity contribution in [2.45, 2.75) is 16.2 Å². The van der Waals surface area contributed by atoms with Crippen molar-refractivity contribution in [3.63, 3.8) is 0 Å². The van der Waals surface area contributed by atoms with E-state index in [2.05, 4.69) is 40.2 Å². The van der Waals surface area contributed by atoms with Crippen molar-refractivity contribution in [2.75, 3.05) is 13.7 Å². The molecule has 0 aromatic heterocycles. The fraction of sp³-hybridized carbons (Fsp3) is 0.200. The SMILES string of the molecule is COc1ccccc1Sc1ccc(CCN)cc1Br. The normalized spacial score (nSPS) is 10.5. The molecule has 19 heavy (non-hydrogen) atoms. The maximum Gasteiger partial charge on any atom is 0.132 e. The third kappa shape index (κ3) is 3.75. The minimum absolute atomic E-state index is 0.672. The minimum Gasteiger partial charge on any atom is -0.496 e. The van der Waals surface area contributed by atoms with Crippen molar-refractivity contribution in [3.8, 4) is 5.75 Å². The summed E-state index contributed by atoms with van der Waals surface area (Å²) in [7, 11) is 1.69. The molecule has 0 unspecified atom stereocenters. The molecule has 0 amide bonds. The lowest BCUT2D eigenvalue weighted by Gasteiger charge is -2.10. The zero-order valence-corrected chi connectivity index (χ0v) is 13.1. The molecule has 0 fully saturated rings. The Kier molecular flexibility index (Phi) is 5.31. The zero-order valence-electron chi connectivity index (χ0n) is 10.7. The molecular formula is C15H16BrNOS. The van der Waals surface area contributed by atoms with Crippen LogP contribution < -0.4 is 10.5 Å². The molecule has 2 aromatic carbocycles. The van der Waals surface area contributed by atoms with Gasteiger partial charge in [0.25, 0.3) is 0 Å². The number of hydrogen-bond donors (Lipinski definition) is 1. The summed E-state index contributed by atoms with van der Waals surface area (Å²) in [6, 6.07) is 14.4. The Labute approximate surface area is 126 Å². The van der Waals surface area contributed by atoms with Crippen LogP contribution >= 0.6 is 27.7 Å². The predicted molar refractivity (Wildman–Crippen MR) is 84.0 cm³/mol. The first-order valence-corrected chi connectivity index (χ1v) is 7.65. The Bertz CT molecular complexity index is 560. The average molecular weight is 338 g/mol. The summed E-state index contributed by atoms with van der Waals surface area (Å²) in [4.78, 5) is 2.28. The van der Waals surface area contributed by atoms with Gasteiger partial charge in [0.05, 0.1) is 12.0 Å². The molecule has 100 valence electrons. The van der Waals surface area contributed by atoms with E-state index in [1.54, 1.807) is 18.9 Å². The summed E-state index contributed by atoms with van der Waals surface area (Å²) in [6.07, 6.45) is 0.901. The highest BCUT2D eigenvalue weighted by Crippen LogP contribution is 2.38. The van der Waals surface area contributed by atoms with Gasteiger partial charge in [0.2, 0.25) is 0 Å². The van der Waals surface area contributed by atoms with E-state index in [1.807, 2.05) is 18.2 Å². The van der Waals surface area contributed by atoms with Gasteiger partial charge < -0.3 is 10.5 Å². The highest BCUT2D eigenvalue weighted by atomic mass is 79.9. The molecular weight excluding hydrogens is 322 g/mol. The van der Waals surface area contributed by atoms with Crippen LogP contribution in [0.1, 0.15) is 5.56 Å². The summed E-state index contributed by atoms with van der Waals surface area (Å²) in [5.41, 5.74) is 6.82. The van der Waals surface area contributed by atoms with E-state index < -0.39 is 0 Å². The molecule has 0 heterocycles. The molecule has 0 aliphatic heterocycles. The Morgan fingerprint density at radius 1 is 1.16 bits per heavy atom. The Balaban J connectivity index is 2.23. The molecule has 0 bridgehead atoms. The molecule has 0 saturated heterocycles. The molecule has 0 aliphatic rings. The highest BCUT2D eigenvalue weighted by molar-refractivity contribution is 9.10. The molecule has 0 radical (unpaired) electrons. The van der Waals surface area contributed by atoms with Gasteiger partial charge in [-0.25, -0.2) is 0 Å². The summed E-state index contributed by atoms with van der Waals surface area (Å²) >= 11 is 5.31. The summed E-state index contributed by atoms with van der Waals surface area (Å²) in [5.74, 6) is 0.894. The second-order valence-electron chi connectivity index (χ2n) is 4.06. The van der Waals surface area contributed by atoms with Crippen LogP contribution in [0, 0.1) is 0 Å². The van der Waals surface area contributed by atoms with Crippen LogP contribution in [0.25, 0.3) is 0 Å². The third-order valence-corrected chi connectivity index (χ3v) is 4.77. The summed E-state index contributed by atoms with van der Waals surface area (Å²) in [6.45, 7) is 0.672. The van der Waals surface area contributed by atoms with E-state index in [9.17, 15) is 0 Å². The zero-order chi connectivity index (χ0) is 13.7. The first kappa shape index (κ1) is 14.4. The first-order chi connectivity index (χ1) is 9.24. The van der Waals surface area contributed by atoms with E-state index in [4.69, 9.17) is 10.5 Å². The monoisotopic (exact) mass is 337 g/mol. The molecule has 0 aliphatic carbocycles. The number of ether oxygens (including phenoxy) is 1. The Morgan fingerprint density at radius 2 is 1.95 bits per heavy atom. The number of nitrogens with two attached hydrogens (primary N) is 1. The molecule has 4 heteroatoms. The summed E-state index contributed by atoms with van der Waals surface area (Å²) in [5, 5.41) is 0. The van der Waals surface area contributed by atoms with Crippen LogP contribution in [0.2, 0.25) is 0 Å². The lowest BCUT2D eigenvalue weighted by atomic mass is 10.2. The molecule has 2 nitrogen and oxygen atoms in total. The van der Waals surface area contributed by atoms with Gasteiger partial charge in [0.1, 0.15) is 5.75 Å². The number of hydrogen-bond acceptors (Lipinski definition) is 3.